The Morgan fingerprint density at radius 3 is 3.00 bits per heavy atom. The number of benzene rings is 1. The van der Waals surface area contributed by atoms with Gasteiger partial charge >= 0.3 is 5.97 Å². The van der Waals surface area contributed by atoms with Crippen LogP contribution < -0.4 is 5.32 Å². The van der Waals surface area contributed by atoms with Gasteiger partial charge in [0.25, 0.3) is 5.91 Å². The quantitative estimate of drug-likeness (QED) is 0.753. The molecule has 27 heavy (non-hydrogen) atoms. The number of nitriles is 1. The number of esters is 1. The third-order valence-corrected chi connectivity index (χ3v) is 5.79. The summed E-state index contributed by atoms with van der Waals surface area (Å²) in [5.41, 5.74) is 1.39. The number of carbonyl (C=O) groups is 2. The molecule has 1 aliphatic rings. The van der Waals surface area contributed by atoms with Crippen LogP contribution in [0.1, 0.15) is 39.7 Å². The van der Waals surface area contributed by atoms with Crippen molar-refractivity contribution in [3.8, 4) is 11.8 Å². The summed E-state index contributed by atoms with van der Waals surface area (Å²) in [6.45, 7) is 1.63. The van der Waals surface area contributed by atoms with Gasteiger partial charge in [-0.3, -0.25) is 4.79 Å². The number of thiophene rings is 1. The van der Waals surface area contributed by atoms with E-state index in [2.05, 4.69) is 18.3 Å². The van der Waals surface area contributed by atoms with E-state index in [-0.39, 0.29) is 16.3 Å². The maximum atomic E-state index is 12.2. The number of phenolic OH excluding ortho intramolecular Hbond substituents is 1. The molecule has 0 radical (unpaired) electrons. The molecule has 1 aromatic carbocycles. The number of fused-ring (bicyclic) bond motifs is 1. The zero-order valence-electron chi connectivity index (χ0n) is 14.5. The Kier molecular flexibility index (Phi) is 5.68. The van der Waals surface area contributed by atoms with Crippen molar-refractivity contribution in [1.82, 2.24) is 0 Å². The highest BCUT2D eigenvalue weighted by molar-refractivity contribution is 7.16. The number of halogens is 1. The summed E-state index contributed by atoms with van der Waals surface area (Å²) in [7, 11) is 0. The van der Waals surface area contributed by atoms with Crippen LogP contribution in [0.2, 0.25) is 5.02 Å². The Bertz CT molecular complexity index is 948. The second-order valence-electron chi connectivity index (χ2n) is 6.45. The van der Waals surface area contributed by atoms with Gasteiger partial charge in [-0.2, -0.15) is 5.26 Å². The Hall–Kier alpha value is -2.56. The molecule has 140 valence electrons. The van der Waals surface area contributed by atoms with E-state index >= 15 is 0 Å². The number of anilines is 1. The molecule has 0 spiro atoms. The number of nitrogens with one attached hydrogen (secondary N) is 1. The molecule has 2 N–H and O–H groups in total. The summed E-state index contributed by atoms with van der Waals surface area (Å²) in [6, 6.07) is 6.14. The second-order valence-corrected chi connectivity index (χ2v) is 8.00. The molecule has 0 bridgehead atoms. The van der Waals surface area contributed by atoms with E-state index in [0.29, 0.717) is 16.5 Å². The van der Waals surface area contributed by atoms with Gasteiger partial charge in [-0.25, -0.2) is 4.79 Å². The average Bonchev–Trinajstić information content (AvgIpc) is 2.97. The number of carbonyl (C=O) groups excluding carboxylic acids is 2. The Balaban J connectivity index is 1.66. The van der Waals surface area contributed by atoms with Crippen LogP contribution in [0.3, 0.4) is 0 Å². The molecule has 6 nitrogen and oxygen atoms in total. The lowest BCUT2D eigenvalue weighted by atomic mass is 9.89. The monoisotopic (exact) mass is 404 g/mol. The number of ether oxygens (including phenoxy) is 1. The molecule has 0 aliphatic heterocycles. The van der Waals surface area contributed by atoms with Gasteiger partial charge in [0, 0.05) is 9.90 Å². The molecule has 1 heterocycles. The van der Waals surface area contributed by atoms with Crippen molar-refractivity contribution in [2.75, 3.05) is 11.9 Å². The molecule has 1 amide bonds. The van der Waals surface area contributed by atoms with Gasteiger partial charge < -0.3 is 15.2 Å². The van der Waals surface area contributed by atoms with Crippen LogP contribution in [-0.4, -0.2) is 23.6 Å². The van der Waals surface area contributed by atoms with Crippen molar-refractivity contribution in [3.63, 3.8) is 0 Å². The highest BCUT2D eigenvalue weighted by atomic mass is 35.5. The molecule has 3 rings (SSSR count). The van der Waals surface area contributed by atoms with E-state index in [1.807, 2.05) is 0 Å². The number of hydrogen-bond donors (Lipinski definition) is 2. The minimum Gasteiger partial charge on any atom is -0.507 e. The fourth-order valence-electron chi connectivity index (χ4n) is 3.00. The third kappa shape index (κ3) is 4.24. The Morgan fingerprint density at radius 1 is 1.48 bits per heavy atom. The fraction of sp³-hybridized carbons (Fsp3) is 0.316. The molecule has 0 saturated carbocycles. The van der Waals surface area contributed by atoms with Crippen molar-refractivity contribution in [2.24, 2.45) is 5.92 Å². The second kappa shape index (κ2) is 7.99. The first kappa shape index (κ1) is 19.2. The van der Waals surface area contributed by atoms with Crippen molar-refractivity contribution >= 4 is 39.8 Å². The zero-order valence-corrected chi connectivity index (χ0v) is 16.1. The van der Waals surface area contributed by atoms with Crippen LogP contribution in [0.4, 0.5) is 5.00 Å². The van der Waals surface area contributed by atoms with Crippen LogP contribution in [0.5, 0.6) is 5.75 Å². The number of aromatic hydroxyl groups is 1. The molecule has 2 aromatic rings. The number of amides is 1. The molecular formula is C19H17ClN2O4S. The van der Waals surface area contributed by atoms with E-state index in [1.165, 1.54) is 29.5 Å². The van der Waals surface area contributed by atoms with E-state index in [4.69, 9.17) is 16.3 Å². The topological polar surface area (TPSA) is 99.4 Å². The van der Waals surface area contributed by atoms with E-state index < -0.39 is 18.5 Å². The van der Waals surface area contributed by atoms with Crippen molar-refractivity contribution in [1.29, 1.82) is 5.26 Å². The predicted molar refractivity (Wildman–Crippen MR) is 102 cm³/mol. The normalized spacial score (nSPS) is 15.5. The summed E-state index contributed by atoms with van der Waals surface area (Å²) in [6.07, 6.45) is 2.74. The number of hydrogen-bond acceptors (Lipinski definition) is 6. The average molecular weight is 405 g/mol. The lowest BCUT2D eigenvalue weighted by molar-refractivity contribution is -0.119. The van der Waals surface area contributed by atoms with Crippen molar-refractivity contribution < 1.29 is 19.4 Å². The summed E-state index contributed by atoms with van der Waals surface area (Å²) in [5, 5.41) is 22.6. The SMILES string of the molecule is C[C@H]1CCc2c(sc(NC(=O)COC(=O)c3cc(Cl)ccc3O)c2C#N)C1. The summed E-state index contributed by atoms with van der Waals surface area (Å²) in [5.74, 6) is -1.13. The van der Waals surface area contributed by atoms with E-state index in [0.717, 1.165) is 29.7 Å². The first-order valence-corrected chi connectivity index (χ1v) is 9.58. The molecule has 1 atom stereocenters. The maximum Gasteiger partial charge on any atom is 0.342 e. The van der Waals surface area contributed by atoms with E-state index in [1.54, 1.807) is 0 Å². The molecule has 0 fully saturated rings. The van der Waals surface area contributed by atoms with Gasteiger partial charge in [0.15, 0.2) is 6.61 Å². The van der Waals surface area contributed by atoms with Crippen LogP contribution in [-0.2, 0) is 22.4 Å². The van der Waals surface area contributed by atoms with Gasteiger partial charge in [-0.05, 0) is 48.9 Å². The fourth-order valence-corrected chi connectivity index (χ4v) is 4.55. The zero-order chi connectivity index (χ0) is 19.6. The number of phenols is 1. The van der Waals surface area contributed by atoms with Crippen LogP contribution in [0.25, 0.3) is 0 Å². The Morgan fingerprint density at radius 2 is 2.26 bits per heavy atom. The first-order chi connectivity index (χ1) is 12.9. The summed E-state index contributed by atoms with van der Waals surface area (Å²) >= 11 is 7.20. The van der Waals surface area contributed by atoms with Gasteiger partial charge in [0.05, 0.1) is 5.56 Å². The van der Waals surface area contributed by atoms with Gasteiger partial charge in [-0.15, -0.1) is 11.3 Å². The van der Waals surface area contributed by atoms with E-state index in [9.17, 15) is 20.0 Å². The van der Waals surface area contributed by atoms with Gasteiger partial charge in [-0.1, -0.05) is 18.5 Å². The highest BCUT2D eigenvalue weighted by Gasteiger charge is 2.25. The Labute approximate surface area is 165 Å². The van der Waals surface area contributed by atoms with Crippen LogP contribution >= 0.6 is 22.9 Å². The number of nitrogens with zero attached hydrogens (tertiary/aromatic N) is 1. The highest BCUT2D eigenvalue weighted by Crippen LogP contribution is 2.39. The summed E-state index contributed by atoms with van der Waals surface area (Å²) in [4.78, 5) is 25.3. The van der Waals surface area contributed by atoms with Gasteiger partial charge in [0.2, 0.25) is 0 Å². The van der Waals surface area contributed by atoms with Gasteiger partial charge in [0.1, 0.15) is 22.4 Å². The van der Waals surface area contributed by atoms with Crippen molar-refractivity contribution in [3.05, 3.63) is 44.8 Å². The molecular weight excluding hydrogens is 388 g/mol. The summed E-state index contributed by atoms with van der Waals surface area (Å²) < 4.78 is 4.94. The molecule has 0 unspecified atom stereocenters. The minimum atomic E-state index is -0.857. The largest absolute Gasteiger partial charge is 0.507 e. The van der Waals surface area contributed by atoms with Crippen LogP contribution in [0.15, 0.2) is 18.2 Å². The van der Waals surface area contributed by atoms with Crippen LogP contribution in [0, 0.1) is 17.2 Å². The molecule has 1 aliphatic carbocycles. The lowest BCUT2D eigenvalue weighted by Gasteiger charge is -2.17. The third-order valence-electron chi connectivity index (χ3n) is 4.39. The number of rotatable bonds is 4. The van der Waals surface area contributed by atoms with Crippen molar-refractivity contribution in [2.45, 2.75) is 26.2 Å². The standard InChI is InChI=1S/C19H17ClN2O4S/c1-10-2-4-12-14(8-21)18(27-16(12)6-10)22-17(24)9-26-19(25)13-7-11(20)3-5-15(13)23/h3,5,7,10,23H,2,4,6,9H2,1H3,(H,22,24)/t10-/m0/s1. The predicted octanol–water partition coefficient (Wildman–Crippen LogP) is 3.90. The molecule has 8 heteroatoms. The molecule has 1 aromatic heterocycles. The maximum absolute atomic E-state index is 12.2. The lowest BCUT2D eigenvalue weighted by Crippen LogP contribution is -2.21. The first-order valence-electron chi connectivity index (χ1n) is 8.39. The smallest absolute Gasteiger partial charge is 0.342 e. The molecule has 0 saturated heterocycles. The minimum absolute atomic E-state index is 0.117.